The van der Waals surface area contributed by atoms with Crippen molar-refractivity contribution in [3.63, 3.8) is 0 Å². The number of rotatable bonds is 5. The Balaban J connectivity index is 1.68. The van der Waals surface area contributed by atoms with Crippen LogP contribution in [0.1, 0.15) is 39.0 Å². The van der Waals surface area contributed by atoms with Crippen molar-refractivity contribution in [3.8, 4) is 5.75 Å². The highest BCUT2D eigenvalue weighted by molar-refractivity contribution is 6.32. The Morgan fingerprint density at radius 1 is 1.30 bits per heavy atom. The number of benzene rings is 1. The van der Waals surface area contributed by atoms with Crippen LogP contribution in [0.5, 0.6) is 5.75 Å². The van der Waals surface area contributed by atoms with Crippen molar-refractivity contribution in [3.05, 3.63) is 39.8 Å². The van der Waals surface area contributed by atoms with E-state index in [0.29, 0.717) is 22.2 Å². The van der Waals surface area contributed by atoms with E-state index >= 15 is 0 Å². The number of hydrogen-bond acceptors (Lipinski definition) is 3. The average molecular weight is 335 g/mol. The van der Waals surface area contributed by atoms with E-state index in [4.69, 9.17) is 16.3 Å². The third kappa shape index (κ3) is 3.88. The molecule has 0 bridgehead atoms. The van der Waals surface area contributed by atoms with E-state index in [-0.39, 0.29) is 11.7 Å². The number of ether oxygens (including phenoxy) is 1. The molecule has 3 rings (SSSR count). The van der Waals surface area contributed by atoms with Gasteiger partial charge in [0, 0.05) is 17.6 Å². The zero-order chi connectivity index (χ0) is 16.2. The van der Waals surface area contributed by atoms with E-state index < -0.39 is 0 Å². The quantitative estimate of drug-likeness (QED) is 0.872. The fraction of sp³-hybridized carbons (Fsp3) is 0.500. The highest BCUT2D eigenvalue weighted by atomic mass is 35.5. The summed E-state index contributed by atoms with van der Waals surface area (Å²) in [5.41, 5.74) is -0.126. The second kappa shape index (κ2) is 7.37. The zero-order valence-corrected chi connectivity index (χ0v) is 14.2. The molecular weight excluding hydrogens is 312 g/mol. The maximum atomic E-state index is 11.8. The maximum absolute atomic E-state index is 11.8. The first-order valence-corrected chi connectivity index (χ1v) is 8.76. The van der Waals surface area contributed by atoms with Crippen LogP contribution in [0.2, 0.25) is 5.02 Å². The number of aromatic nitrogens is 1. The standard InChI is InChI=1S/C18H23ClN2O2/c1-2-8-20-13-3-5-14(6-4-13)23-17-10-12-7-9-21-18(22)15(12)11-16(17)19/h7,9-11,13-14,20H,2-6,8H2,1H3,(H,21,22). The minimum absolute atomic E-state index is 0.126. The second-order valence-electron chi connectivity index (χ2n) is 6.22. The Morgan fingerprint density at radius 3 is 2.83 bits per heavy atom. The first kappa shape index (κ1) is 16.3. The summed E-state index contributed by atoms with van der Waals surface area (Å²) >= 11 is 6.30. The molecule has 5 heteroatoms. The molecule has 0 spiro atoms. The number of pyridine rings is 1. The van der Waals surface area contributed by atoms with Gasteiger partial charge in [-0.2, -0.15) is 0 Å². The molecule has 1 heterocycles. The molecule has 1 aliphatic carbocycles. The molecule has 1 aromatic carbocycles. The summed E-state index contributed by atoms with van der Waals surface area (Å²) in [5, 5.41) is 5.53. The Morgan fingerprint density at radius 2 is 2.09 bits per heavy atom. The topological polar surface area (TPSA) is 54.1 Å². The van der Waals surface area contributed by atoms with Gasteiger partial charge >= 0.3 is 0 Å². The van der Waals surface area contributed by atoms with Gasteiger partial charge in [0.1, 0.15) is 5.75 Å². The lowest BCUT2D eigenvalue weighted by atomic mass is 9.93. The number of aromatic amines is 1. The fourth-order valence-electron chi connectivity index (χ4n) is 3.19. The van der Waals surface area contributed by atoms with Gasteiger partial charge in [0.25, 0.3) is 5.56 Å². The van der Waals surface area contributed by atoms with Gasteiger partial charge in [-0.25, -0.2) is 0 Å². The summed E-state index contributed by atoms with van der Waals surface area (Å²) in [6.45, 7) is 3.27. The Bertz CT molecular complexity index is 721. The van der Waals surface area contributed by atoms with Crippen LogP contribution in [0.25, 0.3) is 10.8 Å². The first-order chi connectivity index (χ1) is 11.2. The van der Waals surface area contributed by atoms with Gasteiger partial charge in [-0.1, -0.05) is 18.5 Å². The largest absolute Gasteiger partial charge is 0.489 e. The molecule has 2 N–H and O–H groups in total. The minimum atomic E-state index is -0.126. The van der Waals surface area contributed by atoms with Gasteiger partial charge in [0.05, 0.1) is 11.1 Å². The fourth-order valence-corrected chi connectivity index (χ4v) is 3.40. The molecule has 0 atom stereocenters. The summed E-state index contributed by atoms with van der Waals surface area (Å²) in [6, 6.07) is 6.04. The molecule has 4 nitrogen and oxygen atoms in total. The summed E-state index contributed by atoms with van der Waals surface area (Å²) in [7, 11) is 0. The number of halogens is 1. The normalized spacial score (nSPS) is 21.5. The predicted molar refractivity (Wildman–Crippen MR) is 94.5 cm³/mol. The van der Waals surface area contributed by atoms with E-state index in [1.807, 2.05) is 12.1 Å². The van der Waals surface area contributed by atoms with Gasteiger partial charge in [-0.15, -0.1) is 0 Å². The van der Waals surface area contributed by atoms with Crippen LogP contribution in [0.4, 0.5) is 0 Å². The molecule has 0 radical (unpaired) electrons. The molecule has 23 heavy (non-hydrogen) atoms. The number of H-pyrrole nitrogens is 1. The SMILES string of the molecule is CCCNC1CCC(Oc2cc3cc[nH]c(=O)c3cc2Cl)CC1. The number of nitrogens with one attached hydrogen (secondary N) is 2. The van der Waals surface area contributed by atoms with E-state index in [9.17, 15) is 4.79 Å². The number of fused-ring (bicyclic) bond motifs is 1. The van der Waals surface area contributed by atoms with Gasteiger partial charge in [0.2, 0.25) is 0 Å². The smallest absolute Gasteiger partial charge is 0.255 e. The molecule has 0 aliphatic heterocycles. The third-order valence-electron chi connectivity index (χ3n) is 4.48. The lowest BCUT2D eigenvalue weighted by molar-refractivity contribution is 0.140. The van der Waals surface area contributed by atoms with Gasteiger partial charge in [-0.05, 0) is 62.2 Å². The number of hydrogen-bond donors (Lipinski definition) is 2. The molecule has 2 aromatic rings. The van der Waals surface area contributed by atoms with Crippen LogP contribution < -0.4 is 15.6 Å². The average Bonchev–Trinajstić information content (AvgIpc) is 2.56. The van der Waals surface area contributed by atoms with Crippen molar-refractivity contribution in [2.75, 3.05) is 6.54 Å². The summed E-state index contributed by atoms with van der Waals surface area (Å²) in [6.07, 6.45) is 7.35. The van der Waals surface area contributed by atoms with E-state index in [0.717, 1.165) is 37.6 Å². The van der Waals surface area contributed by atoms with Crippen molar-refractivity contribution < 1.29 is 4.74 Å². The molecule has 124 valence electrons. The van der Waals surface area contributed by atoms with E-state index in [1.165, 1.54) is 6.42 Å². The second-order valence-corrected chi connectivity index (χ2v) is 6.63. The van der Waals surface area contributed by atoms with Crippen LogP contribution in [0, 0.1) is 0 Å². The molecule has 0 amide bonds. The molecule has 1 saturated carbocycles. The van der Waals surface area contributed by atoms with E-state index in [2.05, 4.69) is 17.2 Å². The van der Waals surface area contributed by atoms with E-state index in [1.54, 1.807) is 12.3 Å². The zero-order valence-electron chi connectivity index (χ0n) is 13.4. The van der Waals surface area contributed by atoms with Crippen LogP contribution in [-0.4, -0.2) is 23.7 Å². The monoisotopic (exact) mass is 334 g/mol. The van der Waals surface area contributed by atoms with Crippen LogP contribution in [0.3, 0.4) is 0 Å². The Kier molecular flexibility index (Phi) is 5.23. The van der Waals surface area contributed by atoms with Crippen molar-refractivity contribution in [1.29, 1.82) is 0 Å². The summed E-state index contributed by atoms with van der Waals surface area (Å²) < 4.78 is 6.11. The molecule has 1 aromatic heterocycles. The van der Waals surface area contributed by atoms with Crippen molar-refractivity contribution in [1.82, 2.24) is 10.3 Å². The molecular formula is C18H23ClN2O2. The predicted octanol–water partition coefficient (Wildman–Crippen LogP) is 3.87. The van der Waals surface area contributed by atoms with Gasteiger partial charge in [-0.3, -0.25) is 4.79 Å². The van der Waals surface area contributed by atoms with Crippen LogP contribution in [-0.2, 0) is 0 Å². The van der Waals surface area contributed by atoms with Crippen LogP contribution in [0.15, 0.2) is 29.2 Å². The first-order valence-electron chi connectivity index (χ1n) is 8.38. The van der Waals surface area contributed by atoms with Gasteiger partial charge < -0.3 is 15.0 Å². The lowest BCUT2D eigenvalue weighted by Gasteiger charge is -2.30. The van der Waals surface area contributed by atoms with Crippen molar-refractivity contribution in [2.24, 2.45) is 0 Å². The third-order valence-corrected chi connectivity index (χ3v) is 4.77. The molecule has 1 fully saturated rings. The van der Waals surface area contributed by atoms with Crippen LogP contribution >= 0.6 is 11.6 Å². The molecule has 0 saturated heterocycles. The maximum Gasteiger partial charge on any atom is 0.255 e. The van der Waals surface area contributed by atoms with Crippen molar-refractivity contribution in [2.45, 2.75) is 51.2 Å². The Hall–Kier alpha value is -1.52. The Labute approximate surface area is 141 Å². The van der Waals surface area contributed by atoms with Crippen molar-refractivity contribution >= 4 is 22.4 Å². The van der Waals surface area contributed by atoms with Gasteiger partial charge in [0.15, 0.2) is 0 Å². The highest BCUT2D eigenvalue weighted by Gasteiger charge is 2.22. The minimum Gasteiger partial charge on any atom is -0.489 e. The highest BCUT2D eigenvalue weighted by Crippen LogP contribution is 2.32. The summed E-state index contributed by atoms with van der Waals surface area (Å²) in [4.78, 5) is 14.5. The molecule has 0 unspecified atom stereocenters. The lowest BCUT2D eigenvalue weighted by Crippen LogP contribution is -2.36. The molecule has 1 aliphatic rings. The summed E-state index contributed by atoms with van der Waals surface area (Å²) in [5.74, 6) is 0.676.